The first-order valence-corrected chi connectivity index (χ1v) is 5.24. The van der Waals surface area contributed by atoms with Crippen molar-refractivity contribution in [2.75, 3.05) is 33.2 Å². The minimum atomic E-state index is 0.446. The second-order valence-electron chi connectivity index (χ2n) is 4.52. The third-order valence-corrected chi connectivity index (χ3v) is 3.56. The quantitative estimate of drug-likeness (QED) is 0.608. The van der Waals surface area contributed by atoms with Crippen molar-refractivity contribution in [1.29, 1.82) is 0 Å². The third-order valence-electron chi connectivity index (χ3n) is 3.23. The zero-order valence-electron chi connectivity index (χ0n) is 7.95. The Morgan fingerprint density at radius 1 is 1.33 bits per heavy atom. The van der Waals surface area contributed by atoms with Crippen molar-refractivity contribution in [3.8, 4) is 0 Å². The van der Waals surface area contributed by atoms with Gasteiger partial charge in [-0.3, -0.25) is 4.90 Å². The van der Waals surface area contributed by atoms with Gasteiger partial charge < -0.3 is 4.90 Å². The molecule has 0 aliphatic carbocycles. The molecule has 0 bridgehead atoms. The molecule has 1 atom stereocenters. The molecule has 0 radical (unpaired) electrons. The topological polar surface area (TPSA) is 6.48 Å². The van der Waals surface area contributed by atoms with Crippen LogP contribution in [0.3, 0.4) is 0 Å². The fourth-order valence-corrected chi connectivity index (χ4v) is 2.66. The van der Waals surface area contributed by atoms with Crippen LogP contribution in [-0.4, -0.2) is 48.4 Å². The highest BCUT2D eigenvalue weighted by atomic mass is 32.1. The number of rotatable bonds is 1. The molecule has 2 aliphatic rings. The number of hydrogen-bond donors (Lipinski definition) is 1. The van der Waals surface area contributed by atoms with Crippen molar-refractivity contribution in [3.63, 3.8) is 0 Å². The van der Waals surface area contributed by atoms with Gasteiger partial charge in [0.05, 0.1) is 0 Å². The second kappa shape index (κ2) is 2.89. The molecule has 0 aromatic carbocycles. The van der Waals surface area contributed by atoms with Gasteiger partial charge in [0, 0.05) is 30.4 Å². The molecule has 1 unspecified atom stereocenters. The molecule has 0 N–H and O–H groups in total. The van der Waals surface area contributed by atoms with Crippen LogP contribution in [0.15, 0.2) is 0 Å². The maximum absolute atomic E-state index is 4.44. The summed E-state index contributed by atoms with van der Waals surface area (Å²) >= 11 is 4.44. The Morgan fingerprint density at radius 3 is 2.42 bits per heavy atom. The van der Waals surface area contributed by atoms with Gasteiger partial charge in [0.15, 0.2) is 0 Å². The maximum Gasteiger partial charge on any atom is 0.0499 e. The van der Waals surface area contributed by atoms with Gasteiger partial charge in [-0.2, -0.15) is 12.6 Å². The Labute approximate surface area is 80.3 Å². The first kappa shape index (κ1) is 8.85. The third kappa shape index (κ3) is 1.38. The van der Waals surface area contributed by atoms with E-state index in [1.807, 2.05) is 0 Å². The first-order chi connectivity index (χ1) is 5.61. The Morgan fingerprint density at radius 2 is 2.00 bits per heavy atom. The summed E-state index contributed by atoms with van der Waals surface area (Å²) in [4.78, 5) is 4.89. The zero-order chi connectivity index (χ0) is 8.77. The van der Waals surface area contributed by atoms with Crippen molar-refractivity contribution in [2.45, 2.75) is 18.7 Å². The molecule has 0 saturated carbocycles. The summed E-state index contributed by atoms with van der Waals surface area (Å²) in [5, 5.41) is 0.446. The predicted octanol–water partition coefficient (Wildman–Crippen LogP) is 0.900. The average molecular weight is 186 g/mol. The minimum absolute atomic E-state index is 0.446. The Balaban J connectivity index is 1.87. The van der Waals surface area contributed by atoms with Crippen LogP contribution >= 0.6 is 12.6 Å². The van der Waals surface area contributed by atoms with Crippen LogP contribution in [-0.2, 0) is 0 Å². The van der Waals surface area contributed by atoms with E-state index in [-0.39, 0.29) is 0 Å². The van der Waals surface area contributed by atoms with E-state index < -0.39 is 0 Å². The van der Waals surface area contributed by atoms with Crippen LogP contribution in [0.25, 0.3) is 0 Å². The molecule has 2 fully saturated rings. The highest BCUT2D eigenvalue weighted by Gasteiger charge is 2.47. The molecule has 2 rings (SSSR count). The van der Waals surface area contributed by atoms with Gasteiger partial charge in [-0.15, -0.1) is 0 Å². The SMILES string of the molecule is CC(S)N1CC2(CCN(C)C2)C1. The lowest BCUT2D eigenvalue weighted by Crippen LogP contribution is -2.59. The first-order valence-electron chi connectivity index (χ1n) is 4.72. The molecular formula is C9H18N2S. The molecule has 1 spiro atoms. The molecule has 2 heterocycles. The van der Waals surface area contributed by atoms with Gasteiger partial charge in [-0.1, -0.05) is 0 Å². The van der Waals surface area contributed by atoms with E-state index in [0.29, 0.717) is 10.8 Å². The highest BCUT2D eigenvalue weighted by Crippen LogP contribution is 2.40. The molecule has 70 valence electrons. The largest absolute Gasteiger partial charge is 0.306 e. The molecule has 0 amide bonds. The van der Waals surface area contributed by atoms with E-state index >= 15 is 0 Å². The fourth-order valence-electron chi connectivity index (χ4n) is 2.50. The van der Waals surface area contributed by atoms with Crippen molar-refractivity contribution in [2.24, 2.45) is 5.41 Å². The zero-order valence-corrected chi connectivity index (χ0v) is 8.85. The standard InChI is InChI=1S/C9H18N2S/c1-8(12)11-6-9(7-11)3-4-10(2)5-9/h8,12H,3-7H2,1-2H3. The van der Waals surface area contributed by atoms with E-state index in [1.165, 1.54) is 32.6 Å². The van der Waals surface area contributed by atoms with E-state index in [0.717, 1.165) is 0 Å². The second-order valence-corrected chi connectivity index (χ2v) is 5.27. The van der Waals surface area contributed by atoms with E-state index in [1.54, 1.807) is 0 Å². The molecule has 2 aliphatic heterocycles. The lowest BCUT2D eigenvalue weighted by atomic mass is 9.79. The van der Waals surface area contributed by atoms with Crippen molar-refractivity contribution in [3.05, 3.63) is 0 Å². The predicted molar refractivity (Wildman–Crippen MR) is 54.6 cm³/mol. The van der Waals surface area contributed by atoms with Gasteiger partial charge >= 0.3 is 0 Å². The van der Waals surface area contributed by atoms with Gasteiger partial charge in [0.25, 0.3) is 0 Å². The highest BCUT2D eigenvalue weighted by molar-refractivity contribution is 7.80. The molecule has 2 nitrogen and oxygen atoms in total. The lowest BCUT2D eigenvalue weighted by Gasteiger charge is -2.49. The van der Waals surface area contributed by atoms with Gasteiger partial charge in [0.1, 0.15) is 0 Å². The summed E-state index contributed by atoms with van der Waals surface area (Å²) in [5.41, 5.74) is 0.645. The Hall–Kier alpha value is 0.270. The normalized spacial score (nSPS) is 32.2. The van der Waals surface area contributed by atoms with Crippen molar-refractivity contribution < 1.29 is 0 Å². The van der Waals surface area contributed by atoms with Crippen LogP contribution < -0.4 is 0 Å². The summed E-state index contributed by atoms with van der Waals surface area (Å²) in [7, 11) is 2.22. The minimum Gasteiger partial charge on any atom is -0.306 e. The number of hydrogen-bond acceptors (Lipinski definition) is 3. The molecule has 3 heteroatoms. The smallest absolute Gasteiger partial charge is 0.0499 e. The van der Waals surface area contributed by atoms with Crippen molar-refractivity contribution >= 4 is 12.6 Å². The van der Waals surface area contributed by atoms with Crippen molar-refractivity contribution in [1.82, 2.24) is 9.80 Å². The Bertz CT molecular complexity index is 175. The van der Waals surface area contributed by atoms with Crippen LogP contribution in [0.2, 0.25) is 0 Å². The monoisotopic (exact) mass is 186 g/mol. The number of nitrogens with zero attached hydrogens (tertiary/aromatic N) is 2. The summed E-state index contributed by atoms with van der Waals surface area (Å²) in [6, 6.07) is 0. The van der Waals surface area contributed by atoms with Gasteiger partial charge in [-0.25, -0.2) is 0 Å². The molecule has 0 aromatic rings. The maximum atomic E-state index is 4.44. The van der Waals surface area contributed by atoms with Crippen LogP contribution in [0.4, 0.5) is 0 Å². The van der Waals surface area contributed by atoms with E-state index in [2.05, 4.69) is 36.4 Å². The molecular weight excluding hydrogens is 168 g/mol. The number of likely N-dealkylation sites (tertiary alicyclic amines) is 2. The fraction of sp³-hybridized carbons (Fsp3) is 1.00. The summed E-state index contributed by atoms with van der Waals surface area (Å²) in [5.74, 6) is 0. The molecule has 0 aromatic heterocycles. The van der Waals surface area contributed by atoms with Crippen LogP contribution in [0, 0.1) is 5.41 Å². The number of thiol groups is 1. The summed E-state index contributed by atoms with van der Waals surface area (Å²) in [6.45, 7) is 7.28. The van der Waals surface area contributed by atoms with Crippen LogP contribution in [0.1, 0.15) is 13.3 Å². The van der Waals surface area contributed by atoms with Crippen LogP contribution in [0.5, 0.6) is 0 Å². The average Bonchev–Trinajstić information content (AvgIpc) is 2.27. The van der Waals surface area contributed by atoms with E-state index in [9.17, 15) is 0 Å². The van der Waals surface area contributed by atoms with Gasteiger partial charge in [-0.05, 0) is 26.9 Å². The Kier molecular flexibility index (Phi) is 2.13. The summed E-state index contributed by atoms with van der Waals surface area (Å²) < 4.78 is 0. The lowest BCUT2D eigenvalue weighted by molar-refractivity contribution is 0.00600. The molecule has 12 heavy (non-hydrogen) atoms. The van der Waals surface area contributed by atoms with Gasteiger partial charge in [0.2, 0.25) is 0 Å². The molecule has 2 saturated heterocycles. The summed E-state index contributed by atoms with van der Waals surface area (Å²) in [6.07, 6.45) is 1.39. The van der Waals surface area contributed by atoms with E-state index in [4.69, 9.17) is 0 Å².